The third kappa shape index (κ3) is 5.59. The molecular weight excluding hydrogens is 430 g/mol. The number of sulfone groups is 1. The lowest BCUT2D eigenvalue weighted by atomic mass is 9.90. The molecule has 10 heteroatoms. The van der Waals surface area contributed by atoms with Gasteiger partial charge in [0.1, 0.15) is 21.3 Å². The van der Waals surface area contributed by atoms with Crippen molar-refractivity contribution in [1.29, 1.82) is 0 Å². The first-order chi connectivity index (χ1) is 14.1. The zero-order valence-electron chi connectivity index (χ0n) is 16.4. The molecule has 1 aliphatic heterocycles. The normalized spacial score (nSPS) is 17.8. The largest absolute Gasteiger partial charge is 0.469 e. The minimum absolute atomic E-state index is 0.00113. The molecule has 0 aliphatic carbocycles. The Bertz CT molecular complexity index is 1080. The molecule has 2 aromatic carbocycles. The van der Waals surface area contributed by atoms with Crippen LogP contribution >= 0.6 is 0 Å². The highest BCUT2D eigenvalue weighted by molar-refractivity contribution is 7.91. The summed E-state index contributed by atoms with van der Waals surface area (Å²) in [4.78, 5) is 11.9. The van der Waals surface area contributed by atoms with Gasteiger partial charge in [-0.15, -0.1) is 0 Å². The summed E-state index contributed by atoms with van der Waals surface area (Å²) in [6.45, 7) is 0. The van der Waals surface area contributed by atoms with E-state index in [1.54, 1.807) is 12.1 Å². The lowest BCUT2D eigenvalue weighted by molar-refractivity contribution is -0.142. The van der Waals surface area contributed by atoms with E-state index in [2.05, 4.69) is 9.46 Å². The van der Waals surface area contributed by atoms with Crippen molar-refractivity contribution in [2.45, 2.75) is 29.7 Å². The minimum Gasteiger partial charge on any atom is -0.469 e. The fourth-order valence-electron chi connectivity index (χ4n) is 3.25. The van der Waals surface area contributed by atoms with Gasteiger partial charge in [-0.3, -0.25) is 4.79 Å². The van der Waals surface area contributed by atoms with Gasteiger partial charge in [0.15, 0.2) is 0 Å². The molecule has 1 heterocycles. The molecule has 0 saturated carbocycles. The molecule has 0 unspecified atom stereocenters. The fourth-order valence-corrected chi connectivity index (χ4v) is 6.31. The Labute approximate surface area is 176 Å². The van der Waals surface area contributed by atoms with Crippen LogP contribution in [0.25, 0.3) is 0 Å². The van der Waals surface area contributed by atoms with E-state index < -0.39 is 31.4 Å². The SMILES string of the molecule is COC(=O)CC1(NS(=O)(=O)c2ccc(Oc3ccccc3)cc2)CCS(=O)(=O)CC1. The summed E-state index contributed by atoms with van der Waals surface area (Å²) in [6, 6.07) is 14.9. The van der Waals surface area contributed by atoms with E-state index in [0.717, 1.165) is 0 Å². The summed E-state index contributed by atoms with van der Waals surface area (Å²) in [5.41, 5.74) is -1.21. The Hall–Kier alpha value is -2.43. The molecule has 162 valence electrons. The molecule has 8 nitrogen and oxygen atoms in total. The van der Waals surface area contributed by atoms with E-state index in [9.17, 15) is 21.6 Å². The highest BCUT2D eigenvalue weighted by atomic mass is 32.2. The van der Waals surface area contributed by atoms with Gasteiger partial charge in [0, 0.05) is 5.54 Å². The predicted molar refractivity (Wildman–Crippen MR) is 111 cm³/mol. The first kappa shape index (κ1) is 22.3. The number of benzene rings is 2. The maximum absolute atomic E-state index is 13.0. The average molecular weight is 454 g/mol. The van der Waals surface area contributed by atoms with E-state index in [-0.39, 0.29) is 35.7 Å². The van der Waals surface area contributed by atoms with E-state index in [1.165, 1.54) is 31.4 Å². The molecule has 0 amide bonds. The van der Waals surface area contributed by atoms with Crippen LogP contribution in [-0.4, -0.2) is 47.0 Å². The molecule has 1 fully saturated rings. The number of ether oxygens (including phenoxy) is 2. The zero-order chi connectivity index (χ0) is 21.8. The second-order valence-electron chi connectivity index (χ2n) is 7.18. The Morgan fingerprint density at radius 3 is 2.13 bits per heavy atom. The van der Waals surface area contributed by atoms with Crippen molar-refractivity contribution in [1.82, 2.24) is 4.72 Å². The molecule has 0 atom stereocenters. The second-order valence-corrected chi connectivity index (χ2v) is 11.2. The summed E-state index contributed by atoms with van der Waals surface area (Å²) in [6.07, 6.45) is -0.245. The number of nitrogens with one attached hydrogen (secondary N) is 1. The van der Waals surface area contributed by atoms with Crippen LogP contribution in [0, 0.1) is 0 Å². The maximum atomic E-state index is 13.0. The molecule has 0 bridgehead atoms. The molecule has 1 N–H and O–H groups in total. The van der Waals surface area contributed by atoms with Crippen molar-refractivity contribution < 1.29 is 31.1 Å². The van der Waals surface area contributed by atoms with Crippen LogP contribution in [0.5, 0.6) is 11.5 Å². The number of para-hydroxylation sites is 1. The molecule has 0 radical (unpaired) electrons. The summed E-state index contributed by atoms with van der Waals surface area (Å²) < 4.78 is 62.4. The van der Waals surface area contributed by atoms with E-state index >= 15 is 0 Å². The molecule has 30 heavy (non-hydrogen) atoms. The van der Waals surface area contributed by atoms with Crippen molar-refractivity contribution in [2.75, 3.05) is 18.6 Å². The summed E-state index contributed by atoms with van der Waals surface area (Å²) in [5.74, 6) is 0.0793. The smallest absolute Gasteiger partial charge is 0.307 e. The van der Waals surface area contributed by atoms with Crippen LogP contribution in [0.15, 0.2) is 59.5 Å². The van der Waals surface area contributed by atoms with Crippen LogP contribution in [0.4, 0.5) is 0 Å². The number of sulfonamides is 1. The number of esters is 1. The lowest BCUT2D eigenvalue weighted by Gasteiger charge is -2.36. The first-order valence-corrected chi connectivity index (χ1v) is 12.6. The lowest BCUT2D eigenvalue weighted by Crippen LogP contribution is -2.54. The molecular formula is C20H23NO7S2. The Balaban J connectivity index is 1.79. The number of hydrogen-bond acceptors (Lipinski definition) is 7. The van der Waals surface area contributed by atoms with Gasteiger partial charge in [-0.1, -0.05) is 18.2 Å². The summed E-state index contributed by atoms with van der Waals surface area (Å²) in [7, 11) is -6.06. The second kappa shape index (κ2) is 8.75. The monoisotopic (exact) mass is 453 g/mol. The van der Waals surface area contributed by atoms with Gasteiger partial charge in [0.25, 0.3) is 0 Å². The highest BCUT2D eigenvalue weighted by Gasteiger charge is 2.42. The average Bonchev–Trinajstić information content (AvgIpc) is 2.71. The Kier molecular flexibility index (Phi) is 6.49. The zero-order valence-corrected chi connectivity index (χ0v) is 18.0. The van der Waals surface area contributed by atoms with E-state index in [4.69, 9.17) is 4.74 Å². The summed E-state index contributed by atoms with van der Waals surface area (Å²) >= 11 is 0. The Morgan fingerprint density at radius 2 is 1.57 bits per heavy atom. The van der Waals surface area contributed by atoms with Crippen LogP contribution in [0.3, 0.4) is 0 Å². The quantitative estimate of drug-likeness (QED) is 0.639. The standard InChI is InChI=1S/C20H23NO7S2/c1-27-19(22)15-20(11-13-29(23,24)14-12-20)21-30(25,26)18-9-7-17(8-10-18)28-16-5-3-2-4-6-16/h2-10,21H,11-15H2,1H3. The summed E-state index contributed by atoms with van der Waals surface area (Å²) in [5, 5.41) is 0. The Morgan fingerprint density at radius 1 is 1.00 bits per heavy atom. The van der Waals surface area contributed by atoms with Gasteiger partial charge < -0.3 is 9.47 Å². The predicted octanol–water partition coefficient (Wildman–Crippen LogP) is 2.27. The van der Waals surface area contributed by atoms with Gasteiger partial charge in [-0.25, -0.2) is 21.6 Å². The minimum atomic E-state index is -4.01. The van der Waals surface area contributed by atoms with Crippen molar-refractivity contribution in [3.63, 3.8) is 0 Å². The van der Waals surface area contributed by atoms with Gasteiger partial charge in [-0.05, 0) is 49.2 Å². The first-order valence-electron chi connectivity index (χ1n) is 9.27. The number of hydrogen-bond donors (Lipinski definition) is 1. The number of carbonyl (C=O) groups excluding carboxylic acids is 1. The molecule has 1 aliphatic rings. The topological polar surface area (TPSA) is 116 Å². The third-order valence-electron chi connectivity index (χ3n) is 4.96. The van der Waals surface area contributed by atoms with Crippen LogP contribution in [0.1, 0.15) is 19.3 Å². The van der Waals surface area contributed by atoms with E-state index in [0.29, 0.717) is 11.5 Å². The number of carbonyl (C=O) groups is 1. The maximum Gasteiger partial charge on any atom is 0.307 e. The van der Waals surface area contributed by atoms with Crippen molar-refractivity contribution in [3.8, 4) is 11.5 Å². The molecule has 0 spiro atoms. The van der Waals surface area contributed by atoms with E-state index in [1.807, 2.05) is 18.2 Å². The van der Waals surface area contributed by atoms with Crippen LogP contribution < -0.4 is 9.46 Å². The van der Waals surface area contributed by atoms with Gasteiger partial charge in [0.2, 0.25) is 10.0 Å². The van der Waals surface area contributed by atoms with Crippen molar-refractivity contribution in [2.24, 2.45) is 0 Å². The fraction of sp³-hybridized carbons (Fsp3) is 0.350. The molecule has 0 aromatic heterocycles. The molecule has 3 rings (SSSR count). The molecule has 2 aromatic rings. The van der Waals surface area contributed by atoms with Gasteiger partial charge >= 0.3 is 5.97 Å². The third-order valence-corrected chi connectivity index (χ3v) is 8.20. The van der Waals surface area contributed by atoms with Gasteiger partial charge in [-0.2, -0.15) is 0 Å². The van der Waals surface area contributed by atoms with Crippen molar-refractivity contribution >= 4 is 25.8 Å². The highest BCUT2D eigenvalue weighted by Crippen LogP contribution is 2.30. The number of methoxy groups -OCH3 is 1. The van der Waals surface area contributed by atoms with Crippen molar-refractivity contribution in [3.05, 3.63) is 54.6 Å². The molecule has 1 saturated heterocycles. The van der Waals surface area contributed by atoms with Gasteiger partial charge in [0.05, 0.1) is 29.9 Å². The number of rotatable bonds is 7. The van der Waals surface area contributed by atoms with Crippen LogP contribution in [-0.2, 0) is 29.4 Å². The van der Waals surface area contributed by atoms with Crippen LogP contribution in [0.2, 0.25) is 0 Å².